The van der Waals surface area contributed by atoms with Crippen LogP contribution in [0.2, 0.25) is 0 Å². The Morgan fingerprint density at radius 2 is 2.13 bits per heavy atom. The molecule has 1 atom stereocenters. The van der Waals surface area contributed by atoms with Gasteiger partial charge in [-0.3, -0.25) is 0 Å². The van der Waals surface area contributed by atoms with Crippen molar-refractivity contribution in [3.63, 3.8) is 0 Å². The maximum absolute atomic E-state index is 14.3. The molecular formula is C15H18F2N2O4. The van der Waals surface area contributed by atoms with Crippen LogP contribution in [0.1, 0.15) is 25.6 Å². The number of halogens is 2. The van der Waals surface area contributed by atoms with Gasteiger partial charge in [0.1, 0.15) is 0 Å². The van der Waals surface area contributed by atoms with Gasteiger partial charge in [0.05, 0.1) is 17.6 Å². The van der Waals surface area contributed by atoms with E-state index in [9.17, 15) is 18.7 Å². The predicted molar refractivity (Wildman–Crippen MR) is 78.3 cm³/mol. The van der Waals surface area contributed by atoms with Crippen molar-refractivity contribution in [2.75, 3.05) is 13.7 Å². The number of hydrogen-bond donors (Lipinski definition) is 1. The Kier molecular flexibility index (Phi) is 5.27. The van der Waals surface area contributed by atoms with Crippen LogP contribution in [0.25, 0.3) is 11.0 Å². The number of benzene rings is 1. The first kappa shape index (κ1) is 17.3. The first-order valence-corrected chi connectivity index (χ1v) is 7.17. The van der Waals surface area contributed by atoms with Crippen LogP contribution in [0.4, 0.5) is 13.6 Å². The molecule has 126 valence electrons. The Labute approximate surface area is 131 Å². The number of carbonyl (C=O) groups excluding carboxylic acids is 1. The summed E-state index contributed by atoms with van der Waals surface area (Å²) in [5.74, 6) is -4.80. The molecule has 0 aliphatic rings. The number of aromatic nitrogens is 2. The molecule has 1 heterocycles. The van der Waals surface area contributed by atoms with Crippen LogP contribution >= 0.6 is 0 Å². The largest absolute Gasteiger partial charge is 0.449 e. The average molecular weight is 328 g/mol. The third kappa shape index (κ3) is 3.32. The first-order chi connectivity index (χ1) is 10.9. The summed E-state index contributed by atoms with van der Waals surface area (Å²) in [7, 11) is 0.936. The molecule has 0 fully saturated rings. The van der Waals surface area contributed by atoms with Crippen LogP contribution in [0.15, 0.2) is 24.3 Å². The van der Waals surface area contributed by atoms with Crippen molar-refractivity contribution in [1.29, 1.82) is 0 Å². The number of ether oxygens (including phenoxy) is 2. The minimum atomic E-state index is -3.88. The smallest absolute Gasteiger partial charge is 0.420 e. The summed E-state index contributed by atoms with van der Waals surface area (Å²) >= 11 is 0. The lowest BCUT2D eigenvalue weighted by atomic mass is 10.3. The Balaban J connectivity index is 2.51. The number of para-hydroxylation sites is 2. The summed E-state index contributed by atoms with van der Waals surface area (Å²) in [4.78, 5) is 16.0. The van der Waals surface area contributed by atoms with Gasteiger partial charge in [-0.05, 0) is 18.6 Å². The van der Waals surface area contributed by atoms with Crippen molar-refractivity contribution >= 4 is 17.1 Å². The molecule has 1 unspecified atom stereocenters. The molecule has 1 aromatic heterocycles. The molecule has 0 spiro atoms. The molecule has 0 bridgehead atoms. The van der Waals surface area contributed by atoms with Crippen molar-refractivity contribution < 1.29 is 28.2 Å². The fourth-order valence-corrected chi connectivity index (χ4v) is 2.06. The van der Waals surface area contributed by atoms with Crippen LogP contribution in [0.3, 0.4) is 0 Å². The summed E-state index contributed by atoms with van der Waals surface area (Å²) in [6, 6.07) is 6.16. The normalized spacial score (nSPS) is 13.3. The maximum Gasteiger partial charge on any atom is 0.420 e. The highest BCUT2D eigenvalue weighted by Gasteiger charge is 2.47. The molecule has 0 radical (unpaired) electrons. The monoisotopic (exact) mass is 328 g/mol. The number of rotatable bonds is 6. The molecule has 8 heteroatoms. The summed E-state index contributed by atoms with van der Waals surface area (Å²) in [6.07, 6.45) is -1.99. The highest BCUT2D eigenvalue weighted by Crippen LogP contribution is 2.34. The minimum Gasteiger partial charge on any atom is -0.449 e. The van der Waals surface area contributed by atoms with Crippen LogP contribution in [-0.2, 0) is 15.4 Å². The number of hydrogen-bond acceptors (Lipinski definition) is 5. The average Bonchev–Trinajstić information content (AvgIpc) is 2.94. The van der Waals surface area contributed by atoms with Gasteiger partial charge in [-0.25, -0.2) is 14.3 Å². The molecule has 0 aliphatic heterocycles. The molecule has 6 nitrogen and oxygen atoms in total. The van der Waals surface area contributed by atoms with E-state index >= 15 is 0 Å². The SMILES string of the molecule is CCCCOC(=O)n1c(C(F)(F)C(O)OC)nc2ccccc21. The Morgan fingerprint density at radius 3 is 2.78 bits per heavy atom. The van der Waals surface area contributed by atoms with E-state index in [-0.39, 0.29) is 17.6 Å². The Hall–Kier alpha value is -2.06. The number of aliphatic hydroxyl groups is 1. The molecule has 0 saturated heterocycles. The van der Waals surface area contributed by atoms with Crippen molar-refractivity contribution in [3.05, 3.63) is 30.1 Å². The molecule has 0 aliphatic carbocycles. The lowest BCUT2D eigenvalue weighted by Gasteiger charge is -2.21. The van der Waals surface area contributed by atoms with E-state index in [1.54, 1.807) is 12.1 Å². The van der Waals surface area contributed by atoms with Crippen LogP contribution in [-0.4, -0.2) is 40.8 Å². The number of fused-ring (bicyclic) bond motifs is 1. The lowest BCUT2D eigenvalue weighted by Crippen LogP contribution is -2.36. The van der Waals surface area contributed by atoms with Crippen molar-refractivity contribution in [3.8, 4) is 0 Å². The summed E-state index contributed by atoms with van der Waals surface area (Å²) < 4.78 is 38.6. The fraction of sp³-hybridized carbons (Fsp3) is 0.467. The molecular weight excluding hydrogens is 310 g/mol. The molecule has 0 amide bonds. The second-order valence-corrected chi connectivity index (χ2v) is 4.94. The third-order valence-electron chi connectivity index (χ3n) is 3.30. The van der Waals surface area contributed by atoms with E-state index in [0.717, 1.165) is 13.5 Å². The number of imidazole rings is 1. The third-order valence-corrected chi connectivity index (χ3v) is 3.30. The van der Waals surface area contributed by atoms with Gasteiger partial charge < -0.3 is 14.6 Å². The minimum absolute atomic E-state index is 0.111. The second kappa shape index (κ2) is 7.01. The highest BCUT2D eigenvalue weighted by atomic mass is 19.3. The number of alkyl halides is 2. The second-order valence-electron chi connectivity index (χ2n) is 4.94. The Bertz CT molecular complexity index is 687. The predicted octanol–water partition coefficient (Wildman–Crippen LogP) is 2.88. The van der Waals surface area contributed by atoms with E-state index in [2.05, 4.69) is 9.72 Å². The number of unbranched alkanes of at least 4 members (excludes halogenated alkanes) is 1. The van der Waals surface area contributed by atoms with Crippen LogP contribution in [0.5, 0.6) is 0 Å². The number of methoxy groups -OCH3 is 1. The van der Waals surface area contributed by atoms with Gasteiger partial charge in [-0.1, -0.05) is 25.5 Å². The van der Waals surface area contributed by atoms with E-state index in [0.29, 0.717) is 11.0 Å². The molecule has 2 rings (SSSR count). The van der Waals surface area contributed by atoms with E-state index in [1.807, 2.05) is 6.92 Å². The van der Waals surface area contributed by atoms with Gasteiger partial charge >= 0.3 is 12.0 Å². The van der Waals surface area contributed by atoms with Crippen LogP contribution in [0, 0.1) is 0 Å². The molecule has 2 aromatic rings. The topological polar surface area (TPSA) is 73.6 Å². The fourth-order valence-electron chi connectivity index (χ4n) is 2.06. The van der Waals surface area contributed by atoms with Gasteiger partial charge in [0.15, 0.2) is 5.82 Å². The summed E-state index contributed by atoms with van der Waals surface area (Å²) in [6.45, 7) is 2.02. The highest BCUT2D eigenvalue weighted by molar-refractivity contribution is 5.87. The van der Waals surface area contributed by atoms with E-state index in [4.69, 9.17) is 4.74 Å². The molecule has 23 heavy (non-hydrogen) atoms. The quantitative estimate of drug-likeness (QED) is 0.652. The first-order valence-electron chi connectivity index (χ1n) is 7.17. The van der Waals surface area contributed by atoms with E-state index < -0.39 is 24.1 Å². The summed E-state index contributed by atoms with van der Waals surface area (Å²) in [5.41, 5.74) is 0.366. The van der Waals surface area contributed by atoms with Gasteiger partial charge in [0.25, 0.3) is 0 Å². The van der Waals surface area contributed by atoms with Gasteiger partial charge in [0.2, 0.25) is 6.29 Å². The van der Waals surface area contributed by atoms with Gasteiger partial charge in [-0.15, -0.1) is 0 Å². The van der Waals surface area contributed by atoms with Gasteiger partial charge in [0, 0.05) is 7.11 Å². The van der Waals surface area contributed by atoms with E-state index in [1.165, 1.54) is 12.1 Å². The molecule has 0 saturated carbocycles. The number of nitrogens with zero attached hydrogens (tertiary/aromatic N) is 2. The van der Waals surface area contributed by atoms with Crippen molar-refractivity contribution in [1.82, 2.24) is 9.55 Å². The van der Waals surface area contributed by atoms with Crippen LogP contribution < -0.4 is 0 Å². The Morgan fingerprint density at radius 1 is 1.43 bits per heavy atom. The zero-order valence-electron chi connectivity index (χ0n) is 12.8. The zero-order valence-corrected chi connectivity index (χ0v) is 12.8. The van der Waals surface area contributed by atoms with Crippen molar-refractivity contribution in [2.24, 2.45) is 0 Å². The number of carbonyl (C=O) groups is 1. The summed E-state index contributed by atoms with van der Waals surface area (Å²) in [5, 5.41) is 9.41. The van der Waals surface area contributed by atoms with Crippen molar-refractivity contribution in [2.45, 2.75) is 32.0 Å². The molecule has 1 N–H and O–H groups in total. The number of aliphatic hydroxyl groups excluding tert-OH is 1. The van der Waals surface area contributed by atoms with Gasteiger partial charge in [-0.2, -0.15) is 8.78 Å². The standard InChI is InChI=1S/C15H18F2N2O4/c1-3-4-9-23-14(21)19-11-8-6-5-7-10(11)18-12(19)15(16,17)13(20)22-2/h5-8,13,20H,3-4,9H2,1-2H3. The zero-order chi connectivity index (χ0) is 17.0. The maximum atomic E-state index is 14.3. The lowest BCUT2D eigenvalue weighted by molar-refractivity contribution is -0.232. The molecule has 1 aromatic carbocycles.